The van der Waals surface area contributed by atoms with Gasteiger partial charge in [0.05, 0.1) is 19.8 Å². The fraction of sp³-hybridized carbons (Fsp3) is 0.667. The Balaban J connectivity index is 1.50. The lowest BCUT2D eigenvalue weighted by atomic mass is 10.0. The molecule has 0 aliphatic carbocycles. The van der Waals surface area contributed by atoms with E-state index in [9.17, 15) is 13.2 Å². The molecule has 0 bridgehead atoms. The molecule has 0 spiro atoms. The average Bonchev–Trinajstić information content (AvgIpc) is 2.61. The number of nitrogens with one attached hydrogen (secondary N) is 1. The number of ether oxygens (including phenoxy) is 1. The van der Waals surface area contributed by atoms with Crippen molar-refractivity contribution in [3.63, 3.8) is 0 Å². The van der Waals surface area contributed by atoms with Crippen molar-refractivity contribution >= 4 is 5.69 Å². The number of alkyl halides is 3. The van der Waals surface area contributed by atoms with E-state index in [1.165, 1.54) is 16.2 Å². The van der Waals surface area contributed by atoms with Gasteiger partial charge in [0.1, 0.15) is 0 Å². The zero-order chi connectivity index (χ0) is 17.7. The largest absolute Gasteiger partial charge is 0.401 e. The molecule has 1 aromatic rings. The topological polar surface area (TPSA) is 27.7 Å². The molecule has 1 aromatic carbocycles. The van der Waals surface area contributed by atoms with Crippen molar-refractivity contribution in [2.24, 2.45) is 0 Å². The highest BCUT2D eigenvalue weighted by molar-refractivity contribution is 5.53. The van der Waals surface area contributed by atoms with Crippen LogP contribution in [0.25, 0.3) is 0 Å². The molecule has 3 rings (SSSR count). The maximum Gasteiger partial charge on any atom is 0.401 e. The Morgan fingerprint density at radius 1 is 1.04 bits per heavy atom. The normalized spacial score (nSPS) is 20.8. The molecule has 0 saturated carbocycles. The highest BCUT2D eigenvalue weighted by Gasteiger charge is 2.32. The predicted octanol–water partition coefficient (Wildman–Crippen LogP) is 2.64. The summed E-state index contributed by atoms with van der Waals surface area (Å²) >= 11 is 0. The van der Waals surface area contributed by atoms with Crippen LogP contribution in [-0.2, 0) is 11.3 Å². The number of benzene rings is 1. The summed E-state index contributed by atoms with van der Waals surface area (Å²) in [5.74, 6) is 0. The van der Waals surface area contributed by atoms with E-state index in [4.69, 9.17) is 4.74 Å². The minimum atomic E-state index is -4.10. The molecule has 0 unspecified atom stereocenters. The van der Waals surface area contributed by atoms with E-state index in [0.29, 0.717) is 13.1 Å². The SMILES string of the molecule is FC(F)(F)CN1CCC(NCc2ccccc2N2CCOCC2)CC1. The molecule has 1 N–H and O–H groups in total. The Labute approximate surface area is 146 Å². The van der Waals surface area contributed by atoms with E-state index >= 15 is 0 Å². The van der Waals surface area contributed by atoms with Crippen LogP contribution in [0.15, 0.2) is 24.3 Å². The molecular weight excluding hydrogens is 331 g/mol. The quantitative estimate of drug-likeness (QED) is 0.877. The summed E-state index contributed by atoms with van der Waals surface area (Å²) in [7, 11) is 0. The first-order valence-corrected chi connectivity index (χ1v) is 8.94. The molecule has 25 heavy (non-hydrogen) atoms. The van der Waals surface area contributed by atoms with Crippen LogP contribution in [0.1, 0.15) is 18.4 Å². The molecule has 0 atom stereocenters. The third-order valence-corrected chi connectivity index (χ3v) is 4.92. The van der Waals surface area contributed by atoms with Crippen molar-refractivity contribution in [2.75, 3.05) is 50.8 Å². The second-order valence-electron chi connectivity index (χ2n) is 6.77. The molecular formula is C18H26F3N3O. The van der Waals surface area contributed by atoms with Gasteiger partial charge in [-0.15, -0.1) is 0 Å². The molecule has 2 aliphatic heterocycles. The number of morpholine rings is 1. The van der Waals surface area contributed by atoms with Crippen molar-refractivity contribution in [3.8, 4) is 0 Å². The Morgan fingerprint density at radius 2 is 1.72 bits per heavy atom. The van der Waals surface area contributed by atoms with Crippen molar-refractivity contribution in [1.29, 1.82) is 0 Å². The Kier molecular flexibility index (Phi) is 6.19. The average molecular weight is 357 g/mol. The summed E-state index contributed by atoms with van der Waals surface area (Å²) in [5, 5.41) is 3.53. The summed E-state index contributed by atoms with van der Waals surface area (Å²) in [4.78, 5) is 3.84. The summed E-state index contributed by atoms with van der Waals surface area (Å²) in [5.41, 5.74) is 2.47. The van der Waals surface area contributed by atoms with Crippen molar-refractivity contribution in [3.05, 3.63) is 29.8 Å². The summed E-state index contributed by atoms with van der Waals surface area (Å²) in [6, 6.07) is 8.61. The van der Waals surface area contributed by atoms with Gasteiger partial charge in [0.2, 0.25) is 0 Å². The lowest BCUT2D eigenvalue weighted by Crippen LogP contribution is -2.45. The van der Waals surface area contributed by atoms with E-state index in [0.717, 1.165) is 45.7 Å². The number of hydrogen-bond acceptors (Lipinski definition) is 4. The highest BCUT2D eigenvalue weighted by Crippen LogP contribution is 2.23. The second kappa shape index (κ2) is 8.38. The fourth-order valence-corrected chi connectivity index (χ4v) is 3.58. The number of nitrogens with zero attached hydrogens (tertiary/aromatic N) is 2. The fourth-order valence-electron chi connectivity index (χ4n) is 3.58. The molecule has 2 fully saturated rings. The third-order valence-electron chi connectivity index (χ3n) is 4.92. The van der Waals surface area contributed by atoms with Gasteiger partial charge >= 0.3 is 6.18 Å². The van der Waals surface area contributed by atoms with E-state index in [1.807, 2.05) is 12.1 Å². The van der Waals surface area contributed by atoms with E-state index in [2.05, 4.69) is 22.3 Å². The predicted molar refractivity (Wildman–Crippen MR) is 91.8 cm³/mol. The standard InChI is InChI=1S/C18H26F3N3O/c19-18(20,21)14-23-7-5-16(6-8-23)22-13-15-3-1-2-4-17(15)24-9-11-25-12-10-24/h1-4,16,22H,5-14H2. The number of para-hydroxylation sites is 1. The Morgan fingerprint density at radius 3 is 2.40 bits per heavy atom. The van der Waals surface area contributed by atoms with E-state index in [-0.39, 0.29) is 6.04 Å². The number of rotatable bonds is 5. The molecule has 0 amide bonds. The van der Waals surface area contributed by atoms with Crippen LogP contribution >= 0.6 is 0 Å². The molecule has 2 saturated heterocycles. The van der Waals surface area contributed by atoms with Crippen LogP contribution < -0.4 is 10.2 Å². The summed E-state index contributed by atoms with van der Waals surface area (Å²) in [6.45, 7) is 4.25. The third kappa shape index (κ3) is 5.59. The summed E-state index contributed by atoms with van der Waals surface area (Å²) < 4.78 is 42.8. The second-order valence-corrected chi connectivity index (χ2v) is 6.77. The van der Waals surface area contributed by atoms with Crippen LogP contribution in [-0.4, -0.2) is 63.1 Å². The molecule has 0 radical (unpaired) electrons. The van der Waals surface area contributed by atoms with Gasteiger partial charge in [0, 0.05) is 31.4 Å². The van der Waals surface area contributed by atoms with Gasteiger partial charge in [-0.1, -0.05) is 18.2 Å². The molecule has 4 nitrogen and oxygen atoms in total. The molecule has 0 aromatic heterocycles. The van der Waals surface area contributed by atoms with Crippen LogP contribution in [0.5, 0.6) is 0 Å². The Bertz CT molecular complexity index is 539. The van der Waals surface area contributed by atoms with Crippen LogP contribution in [0.4, 0.5) is 18.9 Å². The van der Waals surface area contributed by atoms with E-state index < -0.39 is 12.7 Å². The van der Waals surface area contributed by atoms with Crippen molar-refractivity contribution in [1.82, 2.24) is 10.2 Å². The van der Waals surface area contributed by atoms with E-state index in [1.54, 1.807) is 0 Å². The van der Waals surface area contributed by atoms with Gasteiger partial charge in [-0.05, 0) is 37.6 Å². The first kappa shape index (κ1) is 18.5. The number of hydrogen-bond donors (Lipinski definition) is 1. The molecule has 7 heteroatoms. The molecule has 2 heterocycles. The zero-order valence-corrected chi connectivity index (χ0v) is 14.4. The van der Waals surface area contributed by atoms with Crippen molar-refractivity contribution in [2.45, 2.75) is 31.6 Å². The minimum absolute atomic E-state index is 0.280. The number of piperidine rings is 1. The minimum Gasteiger partial charge on any atom is -0.378 e. The molecule has 2 aliphatic rings. The smallest absolute Gasteiger partial charge is 0.378 e. The zero-order valence-electron chi connectivity index (χ0n) is 14.4. The lowest BCUT2D eigenvalue weighted by molar-refractivity contribution is -0.148. The van der Waals surface area contributed by atoms with Gasteiger partial charge in [0.25, 0.3) is 0 Å². The summed E-state index contributed by atoms with van der Waals surface area (Å²) in [6.07, 6.45) is -2.58. The number of anilines is 1. The number of halogens is 3. The maximum absolute atomic E-state index is 12.5. The van der Waals surface area contributed by atoms with Gasteiger partial charge in [0.15, 0.2) is 0 Å². The molecule has 140 valence electrons. The first-order chi connectivity index (χ1) is 12.0. The van der Waals surface area contributed by atoms with Gasteiger partial charge in [-0.3, -0.25) is 4.90 Å². The van der Waals surface area contributed by atoms with Gasteiger partial charge in [-0.25, -0.2) is 0 Å². The van der Waals surface area contributed by atoms with Gasteiger partial charge < -0.3 is 15.0 Å². The van der Waals surface area contributed by atoms with Crippen LogP contribution in [0.3, 0.4) is 0 Å². The van der Waals surface area contributed by atoms with Gasteiger partial charge in [-0.2, -0.15) is 13.2 Å². The monoisotopic (exact) mass is 357 g/mol. The number of likely N-dealkylation sites (tertiary alicyclic amines) is 1. The highest BCUT2D eigenvalue weighted by atomic mass is 19.4. The van der Waals surface area contributed by atoms with Crippen LogP contribution in [0.2, 0.25) is 0 Å². The van der Waals surface area contributed by atoms with Crippen molar-refractivity contribution < 1.29 is 17.9 Å². The lowest BCUT2D eigenvalue weighted by Gasteiger charge is -2.34. The first-order valence-electron chi connectivity index (χ1n) is 8.94. The Hall–Kier alpha value is -1.31. The maximum atomic E-state index is 12.5. The van der Waals surface area contributed by atoms with Crippen LogP contribution in [0, 0.1) is 0 Å².